The number of hydrogen-bond acceptors (Lipinski definition) is 9. The fraction of sp³-hybridized carbons (Fsp3) is 0.476. The molecule has 0 heterocycles. The number of aliphatic hydroxyl groups is 4. The van der Waals surface area contributed by atoms with E-state index in [2.05, 4.69) is 0 Å². The average molecular weight is 435 g/mol. The van der Waals surface area contributed by atoms with Crippen molar-refractivity contribution in [3.8, 4) is 0 Å². The van der Waals surface area contributed by atoms with Crippen LogP contribution in [-0.4, -0.2) is 119 Å². The van der Waals surface area contributed by atoms with Gasteiger partial charge in [-0.25, -0.2) is 0 Å². The fourth-order valence-corrected chi connectivity index (χ4v) is 3.51. The molecule has 0 spiro atoms. The summed E-state index contributed by atoms with van der Waals surface area (Å²) in [6.07, 6.45) is 0. The largest absolute Gasteiger partial charge is 0.395 e. The van der Waals surface area contributed by atoms with Crippen LogP contribution in [0.3, 0.4) is 0 Å². The van der Waals surface area contributed by atoms with Crippen LogP contribution in [0.2, 0.25) is 0 Å². The molecule has 0 radical (unpaired) electrons. The molecule has 0 unspecified atom stereocenters. The number of aliphatic hydroxyl groups excluding tert-OH is 4. The zero-order valence-corrected chi connectivity index (χ0v) is 17.5. The van der Waals surface area contributed by atoms with Crippen LogP contribution in [0.15, 0.2) is 35.7 Å². The van der Waals surface area contributed by atoms with Crippen molar-refractivity contribution < 1.29 is 34.8 Å². The van der Waals surface area contributed by atoms with Crippen LogP contribution in [0, 0.1) is 0 Å². The molecule has 1 aromatic rings. The molecule has 0 atom stereocenters. The van der Waals surface area contributed by atoms with Crippen molar-refractivity contribution in [3.63, 3.8) is 0 Å². The second-order valence-electron chi connectivity index (χ2n) is 7.01. The highest BCUT2D eigenvalue weighted by Crippen LogP contribution is 2.30. The van der Waals surface area contributed by atoms with Gasteiger partial charge in [0.25, 0.3) is 0 Å². The van der Waals surface area contributed by atoms with Gasteiger partial charge in [0.05, 0.1) is 33.0 Å². The third-order valence-corrected chi connectivity index (χ3v) is 5.03. The molecule has 1 aliphatic carbocycles. The monoisotopic (exact) mass is 435 g/mol. The van der Waals surface area contributed by atoms with Gasteiger partial charge < -0.3 is 30.2 Å². The molecule has 0 aliphatic heterocycles. The highest BCUT2D eigenvalue weighted by Gasteiger charge is 2.38. The summed E-state index contributed by atoms with van der Waals surface area (Å²) >= 11 is 0. The van der Waals surface area contributed by atoms with Gasteiger partial charge in [0.15, 0.2) is 0 Å². The van der Waals surface area contributed by atoms with Gasteiger partial charge >= 0.3 is 0 Å². The number of benzene rings is 1. The minimum absolute atomic E-state index is 0.0102. The van der Waals surface area contributed by atoms with Crippen molar-refractivity contribution in [3.05, 3.63) is 46.8 Å². The van der Waals surface area contributed by atoms with Crippen molar-refractivity contribution in [1.29, 1.82) is 0 Å². The van der Waals surface area contributed by atoms with Crippen LogP contribution in [0.25, 0.3) is 0 Å². The summed E-state index contributed by atoms with van der Waals surface area (Å²) in [7, 11) is 1.38. The molecule has 0 bridgehead atoms. The number of Topliss-reactive ketones (excluding diaryl/α,β-unsaturated/α-hetero) is 2. The zero-order valence-electron chi connectivity index (χ0n) is 17.5. The van der Waals surface area contributed by atoms with E-state index < -0.39 is 17.5 Å². The maximum Gasteiger partial charge on any atom is 0.241 e. The predicted molar refractivity (Wildman–Crippen MR) is 111 cm³/mol. The Morgan fingerprint density at radius 2 is 1.23 bits per heavy atom. The Bertz CT molecular complexity index is 828. The molecule has 31 heavy (non-hydrogen) atoms. The Kier molecular flexibility index (Phi) is 9.28. The lowest BCUT2D eigenvalue weighted by Crippen LogP contribution is -2.46. The van der Waals surface area contributed by atoms with E-state index in [4.69, 9.17) is 0 Å². The van der Waals surface area contributed by atoms with Gasteiger partial charge in [0, 0.05) is 44.4 Å². The number of carbonyl (C=O) groups excluding carboxylic acids is 3. The number of likely N-dealkylation sites (N-methyl/N-ethyl adjacent to an activating group) is 1. The molecule has 2 rings (SSSR count). The second-order valence-corrected chi connectivity index (χ2v) is 7.01. The average Bonchev–Trinajstić information content (AvgIpc) is 2.76. The summed E-state index contributed by atoms with van der Waals surface area (Å²) in [6, 6.07) is 6.29. The second kappa shape index (κ2) is 11.7. The molecule has 170 valence electrons. The summed E-state index contributed by atoms with van der Waals surface area (Å²) in [5, 5.41) is 37.2. The molecule has 4 N–H and O–H groups in total. The fourth-order valence-electron chi connectivity index (χ4n) is 3.51. The standard InChI is InChI=1S/C21H29N3O7/c1-22(17(29)14-23(6-10-25)7-11-26)18-19(24(8-12-27)9-13-28)21(31)16-5-3-2-4-15(16)20(18)30/h2-5,25-28H,6-14H2,1H3. The molecule has 10 nitrogen and oxygen atoms in total. The van der Waals surface area contributed by atoms with Gasteiger partial charge in [-0.2, -0.15) is 0 Å². The first-order valence-corrected chi connectivity index (χ1v) is 10.0. The van der Waals surface area contributed by atoms with E-state index in [9.17, 15) is 34.8 Å². The van der Waals surface area contributed by atoms with E-state index in [-0.39, 0.29) is 81.7 Å². The molecule has 0 aromatic heterocycles. The quantitative estimate of drug-likeness (QED) is 0.302. The first kappa shape index (κ1) is 24.6. The molecular weight excluding hydrogens is 406 g/mol. The lowest BCUT2D eigenvalue weighted by atomic mass is 9.89. The van der Waals surface area contributed by atoms with Gasteiger partial charge in [-0.1, -0.05) is 24.3 Å². The van der Waals surface area contributed by atoms with Crippen molar-refractivity contribution >= 4 is 17.5 Å². The van der Waals surface area contributed by atoms with Gasteiger partial charge in [0.1, 0.15) is 11.4 Å². The summed E-state index contributed by atoms with van der Waals surface area (Å²) in [5.41, 5.74) is 0.165. The number of nitrogens with zero attached hydrogens (tertiary/aromatic N) is 3. The van der Waals surface area contributed by atoms with Crippen LogP contribution in [0.5, 0.6) is 0 Å². The molecule has 1 aliphatic rings. The van der Waals surface area contributed by atoms with Gasteiger partial charge in [-0.15, -0.1) is 0 Å². The van der Waals surface area contributed by atoms with Gasteiger partial charge in [-0.05, 0) is 0 Å². The van der Waals surface area contributed by atoms with Gasteiger partial charge in [-0.3, -0.25) is 19.3 Å². The Morgan fingerprint density at radius 1 is 0.774 bits per heavy atom. The molecule has 1 amide bonds. The van der Waals surface area contributed by atoms with Crippen LogP contribution < -0.4 is 0 Å². The number of rotatable bonds is 12. The van der Waals surface area contributed by atoms with Crippen LogP contribution >= 0.6 is 0 Å². The summed E-state index contributed by atoms with van der Waals surface area (Å²) in [4.78, 5) is 43.6. The molecule has 0 saturated carbocycles. The number of amides is 1. The van der Waals surface area contributed by atoms with E-state index in [0.29, 0.717) is 0 Å². The molecule has 10 heteroatoms. The SMILES string of the molecule is CN(C(=O)CN(CCO)CCO)C1=C(N(CCO)CCO)C(=O)c2ccccc2C1=O. The van der Waals surface area contributed by atoms with Crippen LogP contribution in [0.4, 0.5) is 0 Å². The topological polar surface area (TPSA) is 142 Å². The van der Waals surface area contributed by atoms with E-state index in [0.717, 1.165) is 4.90 Å². The highest BCUT2D eigenvalue weighted by molar-refractivity contribution is 6.27. The van der Waals surface area contributed by atoms with E-state index in [1.165, 1.54) is 29.0 Å². The maximum atomic E-state index is 13.3. The summed E-state index contributed by atoms with van der Waals surface area (Å²) in [6.45, 7) is -0.958. The number of allylic oxidation sites excluding steroid dienone is 2. The van der Waals surface area contributed by atoms with Crippen molar-refractivity contribution in [2.75, 3.05) is 66.2 Å². The highest BCUT2D eigenvalue weighted by atomic mass is 16.3. The molecular formula is C21H29N3O7. The van der Waals surface area contributed by atoms with E-state index in [1.807, 2.05) is 0 Å². The predicted octanol–water partition coefficient (Wildman–Crippen LogP) is -1.69. The molecule has 0 saturated heterocycles. The summed E-state index contributed by atoms with van der Waals surface area (Å²) < 4.78 is 0. The number of carbonyl (C=O) groups is 3. The third kappa shape index (κ3) is 5.54. The first-order chi connectivity index (χ1) is 14.9. The molecule has 0 fully saturated rings. The van der Waals surface area contributed by atoms with Crippen molar-refractivity contribution in [2.24, 2.45) is 0 Å². The van der Waals surface area contributed by atoms with Crippen LogP contribution in [0.1, 0.15) is 20.7 Å². The Hall–Kier alpha value is -2.63. The lowest BCUT2D eigenvalue weighted by Gasteiger charge is -2.34. The minimum Gasteiger partial charge on any atom is -0.395 e. The lowest BCUT2D eigenvalue weighted by molar-refractivity contribution is -0.129. The minimum atomic E-state index is -0.516. The molecule has 1 aromatic carbocycles. The number of fused-ring (bicyclic) bond motifs is 1. The van der Waals surface area contributed by atoms with Crippen molar-refractivity contribution in [2.45, 2.75) is 0 Å². The van der Waals surface area contributed by atoms with E-state index in [1.54, 1.807) is 12.1 Å². The van der Waals surface area contributed by atoms with E-state index >= 15 is 0 Å². The normalized spacial score (nSPS) is 13.6. The zero-order chi connectivity index (χ0) is 23.0. The van der Waals surface area contributed by atoms with Crippen LogP contribution in [-0.2, 0) is 4.79 Å². The number of hydrogen-bond donors (Lipinski definition) is 4. The third-order valence-electron chi connectivity index (χ3n) is 5.03. The Morgan fingerprint density at radius 3 is 1.68 bits per heavy atom. The van der Waals surface area contributed by atoms with Crippen molar-refractivity contribution in [1.82, 2.24) is 14.7 Å². The first-order valence-electron chi connectivity index (χ1n) is 10.0. The summed E-state index contributed by atoms with van der Waals surface area (Å²) in [5.74, 6) is -1.50. The maximum absolute atomic E-state index is 13.3. The van der Waals surface area contributed by atoms with Gasteiger partial charge in [0.2, 0.25) is 17.5 Å². The Balaban J connectivity index is 2.52. The number of ketones is 2. The Labute approximate surface area is 180 Å². The smallest absolute Gasteiger partial charge is 0.241 e.